The number of para-hydroxylation sites is 1. The maximum Gasteiger partial charge on any atom is 0.0645 e. The van der Waals surface area contributed by atoms with E-state index < -0.39 is 0 Å². The number of nitrogens with two attached hydrogens (primary N) is 1. The maximum absolute atomic E-state index is 5.91. The van der Waals surface area contributed by atoms with Crippen LogP contribution in [0.2, 0.25) is 0 Å². The molecule has 3 N–H and O–H groups in total. The van der Waals surface area contributed by atoms with Crippen LogP contribution >= 0.6 is 0 Å². The van der Waals surface area contributed by atoms with Crippen molar-refractivity contribution in [2.45, 2.75) is 31.7 Å². The van der Waals surface area contributed by atoms with Crippen LogP contribution in [0.25, 0.3) is 5.69 Å². The van der Waals surface area contributed by atoms with E-state index in [1.807, 2.05) is 29.1 Å². The molecule has 1 aromatic carbocycles. The van der Waals surface area contributed by atoms with Crippen molar-refractivity contribution in [1.82, 2.24) is 15.1 Å². The molecule has 1 aromatic heterocycles. The van der Waals surface area contributed by atoms with Crippen LogP contribution in [0.5, 0.6) is 0 Å². The topological polar surface area (TPSA) is 55.9 Å². The summed E-state index contributed by atoms with van der Waals surface area (Å²) in [6, 6.07) is 10.4. The highest BCUT2D eigenvalue weighted by molar-refractivity contribution is 5.31. The van der Waals surface area contributed by atoms with E-state index in [0.717, 1.165) is 23.7 Å². The molecule has 1 unspecified atom stereocenters. The van der Waals surface area contributed by atoms with Gasteiger partial charge in [0.05, 0.1) is 11.9 Å². The molecule has 0 bridgehead atoms. The third-order valence-electron chi connectivity index (χ3n) is 4.14. The van der Waals surface area contributed by atoms with Gasteiger partial charge in [-0.25, -0.2) is 4.68 Å². The minimum atomic E-state index is 0.196. The van der Waals surface area contributed by atoms with Gasteiger partial charge in [-0.15, -0.1) is 0 Å². The Labute approximate surface area is 126 Å². The molecule has 0 spiro atoms. The van der Waals surface area contributed by atoms with Gasteiger partial charge in [-0.05, 0) is 37.4 Å². The van der Waals surface area contributed by atoms with Crippen molar-refractivity contribution in [3.63, 3.8) is 0 Å². The van der Waals surface area contributed by atoms with Crippen molar-refractivity contribution in [2.75, 3.05) is 13.1 Å². The summed E-state index contributed by atoms with van der Waals surface area (Å²) in [5, 5.41) is 8.00. The fourth-order valence-electron chi connectivity index (χ4n) is 2.65. The number of rotatable bonds is 8. The molecular formula is C17H24N4. The molecule has 0 amide bonds. The van der Waals surface area contributed by atoms with Crippen LogP contribution in [0.15, 0.2) is 42.7 Å². The molecule has 0 aliphatic heterocycles. The second-order valence-corrected chi connectivity index (χ2v) is 5.88. The molecule has 0 radical (unpaired) electrons. The Morgan fingerprint density at radius 3 is 2.81 bits per heavy atom. The monoisotopic (exact) mass is 284 g/mol. The minimum absolute atomic E-state index is 0.196. The molecule has 21 heavy (non-hydrogen) atoms. The van der Waals surface area contributed by atoms with Crippen LogP contribution in [-0.4, -0.2) is 22.9 Å². The summed E-state index contributed by atoms with van der Waals surface area (Å²) in [7, 11) is 0. The van der Waals surface area contributed by atoms with E-state index in [4.69, 9.17) is 5.73 Å². The molecule has 2 aromatic rings. The first-order chi connectivity index (χ1) is 10.4. The molecule has 1 aliphatic rings. The number of nitrogens with one attached hydrogen (secondary N) is 1. The van der Waals surface area contributed by atoms with Gasteiger partial charge in [0.25, 0.3) is 0 Å². The van der Waals surface area contributed by atoms with E-state index in [1.54, 1.807) is 0 Å². The van der Waals surface area contributed by atoms with Gasteiger partial charge in [0.15, 0.2) is 0 Å². The first-order valence-electron chi connectivity index (χ1n) is 7.90. The molecule has 112 valence electrons. The third kappa shape index (κ3) is 3.93. The average Bonchev–Trinajstić information content (AvgIpc) is 3.23. The van der Waals surface area contributed by atoms with Gasteiger partial charge < -0.3 is 11.1 Å². The van der Waals surface area contributed by atoms with Gasteiger partial charge in [0, 0.05) is 24.3 Å². The molecular weight excluding hydrogens is 260 g/mol. The number of benzene rings is 1. The predicted molar refractivity (Wildman–Crippen MR) is 85.3 cm³/mol. The first kappa shape index (κ1) is 14.3. The summed E-state index contributed by atoms with van der Waals surface area (Å²) in [6.07, 6.45) is 9.45. The van der Waals surface area contributed by atoms with Crippen molar-refractivity contribution in [1.29, 1.82) is 0 Å². The summed E-state index contributed by atoms with van der Waals surface area (Å²) >= 11 is 0. The lowest BCUT2D eigenvalue weighted by atomic mass is 10.1. The van der Waals surface area contributed by atoms with Gasteiger partial charge in [-0.2, -0.15) is 5.10 Å². The van der Waals surface area contributed by atoms with Crippen molar-refractivity contribution < 1.29 is 0 Å². The second-order valence-electron chi connectivity index (χ2n) is 5.88. The van der Waals surface area contributed by atoms with E-state index in [2.05, 4.69) is 28.7 Å². The lowest BCUT2D eigenvalue weighted by Crippen LogP contribution is -2.28. The third-order valence-corrected chi connectivity index (χ3v) is 4.14. The van der Waals surface area contributed by atoms with Gasteiger partial charge in [-0.3, -0.25) is 0 Å². The molecule has 1 saturated carbocycles. The smallest absolute Gasteiger partial charge is 0.0645 e. The van der Waals surface area contributed by atoms with Crippen LogP contribution in [-0.2, 0) is 0 Å². The molecule has 0 saturated heterocycles. The van der Waals surface area contributed by atoms with Crippen molar-refractivity contribution in [3.8, 4) is 5.69 Å². The zero-order valence-electron chi connectivity index (χ0n) is 12.4. The fourth-order valence-corrected chi connectivity index (χ4v) is 2.65. The van der Waals surface area contributed by atoms with E-state index in [9.17, 15) is 0 Å². The maximum atomic E-state index is 5.91. The number of hydrogen-bond donors (Lipinski definition) is 2. The van der Waals surface area contributed by atoms with Crippen molar-refractivity contribution in [3.05, 3.63) is 48.3 Å². The van der Waals surface area contributed by atoms with Gasteiger partial charge in [0.2, 0.25) is 0 Å². The zero-order chi connectivity index (χ0) is 14.5. The SMILES string of the molecule is NCC(NCCCC1CC1)c1cnn(-c2ccccc2)c1. The highest BCUT2D eigenvalue weighted by Crippen LogP contribution is 2.33. The standard InChI is InChI=1S/C17H24N4/c18-11-17(19-10-4-5-14-8-9-14)15-12-20-21(13-15)16-6-2-1-3-7-16/h1-3,6-7,12-14,17,19H,4-5,8-11,18H2. The largest absolute Gasteiger partial charge is 0.329 e. The normalized spacial score (nSPS) is 16.0. The Bertz CT molecular complexity index is 545. The second kappa shape index (κ2) is 6.87. The Balaban J connectivity index is 1.57. The average molecular weight is 284 g/mol. The molecule has 3 rings (SSSR count). The van der Waals surface area contributed by atoms with E-state index in [0.29, 0.717) is 6.54 Å². The summed E-state index contributed by atoms with van der Waals surface area (Å²) < 4.78 is 1.91. The molecule has 1 aliphatic carbocycles. The fraction of sp³-hybridized carbons (Fsp3) is 0.471. The van der Waals surface area contributed by atoms with Gasteiger partial charge in [-0.1, -0.05) is 31.0 Å². The first-order valence-corrected chi connectivity index (χ1v) is 7.90. The zero-order valence-corrected chi connectivity index (χ0v) is 12.4. The molecule has 1 fully saturated rings. The lowest BCUT2D eigenvalue weighted by Gasteiger charge is -2.15. The Kier molecular flexibility index (Phi) is 4.68. The minimum Gasteiger partial charge on any atom is -0.329 e. The van der Waals surface area contributed by atoms with E-state index >= 15 is 0 Å². The highest BCUT2D eigenvalue weighted by atomic mass is 15.3. The van der Waals surface area contributed by atoms with Crippen LogP contribution in [0.1, 0.15) is 37.3 Å². The summed E-state index contributed by atoms with van der Waals surface area (Å²) in [5.41, 5.74) is 8.14. The molecule has 1 atom stereocenters. The summed E-state index contributed by atoms with van der Waals surface area (Å²) in [4.78, 5) is 0. The molecule has 4 heteroatoms. The summed E-state index contributed by atoms with van der Waals surface area (Å²) in [6.45, 7) is 1.64. The van der Waals surface area contributed by atoms with Crippen molar-refractivity contribution in [2.24, 2.45) is 11.7 Å². The number of aromatic nitrogens is 2. The lowest BCUT2D eigenvalue weighted by molar-refractivity contribution is 0.512. The quantitative estimate of drug-likeness (QED) is 0.733. The van der Waals surface area contributed by atoms with Gasteiger partial charge >= 0.3 is 0 Å². The van der Waals surface area contributed by atoms with Crippen LogP contribution in [0.4, 0.5) is 0 Å². The van der Waals surface area contributed by atoms with Crippen LogP contribution in [0, 0.1) is 5.92 Å². The molecule has 1 heterocycles. The molecule has 4 nitrogen and oxygen atoms in total. The Hall–Kier alpha value is -1.65. The van der Waals surface area contributed by atoms with Gasteiger partial charge in [0.1, 0.15) is 0 Å². The number of nitrogens with zero attached hydrogens (tertiary/aromatic N) is 2. The van der Waals surface area contributed by atoms with E-state index in [1.165, 1.54) is 25.7 Å². The number of hydrogen-bond acceptors (Lipinski definition) is 3. The van der Waals surface area contributed by atoms with Crippen molar-refractivity contribution >= 4 is 0 Å². The van der Waals surface area contributed by atoms with Crippen LogP contribution < -0.4 is 11.1 Å². The Morgan fingerprint density at radius 2 is 2.10 bits per heavy atom. The Morgan fingerprint density at radius 1 is 1.29 bits per heavy atom. The van der Waals surface area contributed by atoms with Crippen LogP contribution in [0.3, 0.4) is 0 Å². The summed E-state index contributed by atoms with van der Waals surface area (Å²) in [5.74, 6) is 1.00. The van der Waals surface area contributed by atoms with E-state index in [-0.39, 0.29) is 6.04 Å². The highest BCUT2D eigenvalue weighted by Gasteiger charge is 2.20. The predicted octanol–water partition coefficient (Wildman–Crippen LogP) is 2.65.